The fourth-order valence-electron chi connectivity index (χ4n) is 4.18. The summed E-state index contributed by atoms with van der Waals surface area (Å²) in [6.07, 6.45) is -3.33. The van der Waals surface area contributed by atoms with Crippen molar-refractivity contribution in [2.75, 3.05) is 23.7 Å². The van der Waals surface area contributed by atoms with Crippen LogP contribution in [0.2, 0.25) is 0 Å². The SMILES string of the molecule is O=C(Nc1ccc(NC2CCN(C(=O)OCc3ccccc3)C2)nc1)c1nc(-c2ccccc2)oc1C(F)(F)F. The number of aromatic nitrogens is 2. The van der Waals surface area contributed by atoms with Gasteiger partial charge in [0, 0.05) is 24.7 Å². The van der Waals surface area contributed by atoms with Crippen LogP contribution in [0.3, 0.4) is 0 Å². The van der Waals surface area contributed by atoms with E-state index in [0.717, 1.165) is 5.56 Å². The van der Waals surface area contributed by atoms with Crippen molar-refractivity contribution in [1.29, 1.82) is 0 Å². The molecule has 1 atom stereocenters. The van der Waals surface area contributed by atoms with E-state index in [9.17, 15) is 22.8 Å². The van der Waals surface area contributed by atoms with Crippen LogP contribution in [0.1, 0.15) is 28.2 Å². The summed E-state index contributed by atoms with van der Waals surface area (Å²) in [6.45, 7) is 1.13. The first-order chi connectivity index (χ1) is 19.3. The molecule has 206 valence electrons. The number of alkyl halides is 3. The zero-order valence-corrected chi connectivity index (χ0v) is 21.0. The molecule has 2 aromatic heterocycles. The summed E-state index contributed by atoms with van der Waals surface area (Å²) in [7, 11) is 0. The number of carbonyl (C=O) groups excluding carboxylic acids is 2. The highest BCUT2D eigenvalue weighted by atomic mass is 19.4. The Bertz CT molecular complexity index is 1460. The molecule has 1 unspecified atom stereocenters. The average Bonchev–Trinajstić information content (AvgIpc) is 3.62. The molecule has 0 spiro atoms. The number of oxazole rings is 1. The summed E-state index contributed by atoms with van der Waals surface area (Å²) in [5.41, 5.74) is 0.499. The van der Waals surface area contributed by atoms with E-state index in [0.29, 0.717) is 30.9 Å². The Morgan fingerprint density at radius 1 is 1.02 bits per heavy atom. The summed E-state index contributed by atoms with van der Waals surface area (Å²) in [5.74, 6) is -2.40. The number of hydrogen-bond donors (Lipinski definition) is 2. The second-order valence-electron chi connectivity index (χ2n) is 9.06. The van der Waals surface area contributed by atoms with Crippen molar-refractivity contribution >= 4 is 23.5 Å². The van der Waals surface area contributed by atoms with Crippen LogP contribution < -0.4 is 10.6 Å². The lowest BCUT2D eigenvalue weighted by atomic mass is 10.2. The molecule has 0 saturated carbocycles. The minimum Gasteiger partial charge on any atom is -0.445 e. The topological polar surface area (TPSA) is 110 Å². The van der Waals surface area contributed by atoms with Crippen molar-refractivity contribution in [2.45, 2.75) is 25.2 Å². The molecule has 9 nitrogen and oxygen atoms in total. The highest BCUT2D eigenvalue weighted by Crippen LogP contribution is 2.35. The van der Waals surface area contributed by atoms with Gasteiger partial charge in [-0.3, -0.25) is 4.79 Å². The zero-order chi connectivity index (χ0) is 28.1. The van der Waals surface area contributed by atoms with Gasteiger partial charge in [0.15, 0.2) is 5.69 Å². The molecule has 0 aliphatic carbocycles. The van der Waals surface area contributed by atoms with Crippen LogP contribution in [-0.2, 0) is 17.5 Å². The van der Waals surface area contributed by atoms with Crippen LogP contribution in [0, 0.1) is 0 Å². The minimum atomic E-state index is -4.91. The van der Waals surface area contributed by atoms with Crippen LogP contribution >= 0.6 is 0 Å². The van der Waals surface area contributed by atoms with Gasteiger partial charge in [-0.2, -0.15) is 13.2 Å². The van der Waals surface area contributed by atoms with Gasteiger partial charge in [0.1, 0.15) is 12.4 Å². The molecule has 1 fully saturated rings. The Labute approximate surface area is 227 Å². The largest absolute Gasteiger partial charge is 0.452 e. The molecule has 2 amide bonds. The van der Waals surface area contributed by atoms with Crippen molar-refractivity contribution in [1.82, 2.24) is 14.9 Å². The fourth-order valence-corrected chi connectivity index (χ4v) is 4.18. The van der Waals surface area contributed by atoms with Crippen molar-refractivity contribution in [2.24, 2.45) is 0 Å². The third-order valence-corrected chi connectivity index (χ3v) is 6.15. The van der Waals surface area contributed by atoms with E-state index >= 15 is 0 Å². The van der Waals surface area contributed by atoms with Gasteiger partial charge in [0.05, 0.1) is 11.9 Å². The number of carbonyl (C=O) groups is 2. The average molecular weight is 552 g/mol. The molecular formula is C28H24F3N5O4. The molecule has 1 aliphatic rings. The lowest BCUT2D eigenvalue weighted by Crippen LogP contribution is -2.32. The summed E-state index contributed by atoms with van der Waals surface area (Å²) in [4.78, 5) is 34.7. The zero-order valence-electron chi connectivity index (χ0n) is 21.0. The summed E-state index contributed by atoms with van der Waals surface area (Å²) < 4.78 is 51.0. The molecule has 0 radical (unpaired) electrons. The Morgan fingerprint density at radius 2 is 1.75 bits per heavy atom. The van der Waals surface area contributed by atoms with Gasteiger partial charge in [0.25, 0.3) is 5.91 Å². The predicted molar refractivity (Wildman–Crippen MR) is 139 cm³/mol. The predicted octanol–water partition coefficient (Wildman–Crippen LogP) is 5.83. The normalized spacial score (nSPS) is 15.1. The van der Waals surface area contributed by atoms with E-state index in [2.05, 4.69) is 20.6 Å². The summed E-state index contributed by atoms with van der Waals surface area (Å²) >= 11 is 0. The molecule has 1 aliphatic heterocycles. The van der Waals surface area contributed by atoms with Crippen molar-refractivity contribution in [3.8, 4) is 11.5 Å². The maximum Gasteiger partial charge on any atom is 0.452 e. The molecule has 40 heavy (non-hydrogen) atoms. The van der Waals surface area contributed by atoms with Crippen molar-refractivity contribution in [3.63, 3.8) is 0 Å². The summed E-state index contributed by atoms with van der Waals surface area (Å²) in [6, 6.07) is 20.4. The lowest BCUT2D eigenvalue weighted by Gasteiger charge is -2.17. The van der Waals surface area contributed by atoms with Crippen LogP contribution in [0.4, 0.5) is 29.5 Å². The summed E-state index contributed by atoms with van der Waals surface area (Å²) in [5, 5.41) is 5.60. The van der Waals surface area contributed by atoms with Gasteiger partial charge < -0.3 is 24.7 Å². The Morgan fingerprint density at radius 3 is 2.42 bits per heavy atom. The maximum absolute atomic E-state index is 13.6. The standard InChI is InChI=1S/C28H24F3N5O4/c29-28(30,31)24-23(35-26(40-24)19-9-5-2-6-10-19)25(37)34-20-11-12-22(32-15-20)33-21-13-14-36(16-21)27(38)39-17-18-7-3-1-4-8-18/h1-12,15,21H,13-14,16-17H2,(H,32,33)(H,34,37). The molecule has 1 saturated heterocycles. The molecule has 5 rings (SSSR count). The van der Waals surface area contributed by atoms with Gasteiger partial charge in [-0.25, -0.2) is 14.8 Å². The number of hydrogen-bond acceptors (Lipinski definition) is 7. The van der Waals surface area contributed by atoms with E-state index in [-0.39, 0.29) is 24.2 Å². The number of nitrogens with zero attached hydrogens (tertiary/aromatic N) is 3. The molecular weight excluding hydrogens is 527 g/mol. The van der Waals surface area contributed by atoms with Gasteiger partial charge in [0.2, 0.25) is 11.7 Å². The fraction of sp³-hybridized carbons (Fsp3) is 0.214. The van der Waals surface area contributed by atoms with Crippen molar-refractivity contribution in [3.05, 3.63) is 96.0 Å². The monoisotopic (exact) mass is 551 g/mol. The Kier molecular flexibility index (Phi) is 7.67. The molecule has 2 aromatic carbocycles. The van der Waals surface area contributed by atoms with E-state index in [4.69, 9.17) is 9.15 Å². The first-order valence-electron chi connectivity index (χ1n) is 12.4. The van der Waals surface area contributed by atoms with Crippen LogP contribution in [0.5, 0.6) is 0 Å². The van der Waals surface area contributed by atoms with Crippen LogP contribution in [-0.4, -0.2) is 46.0 Å². The molecule has 3 heterocycles. The highest BCUT2D eigenvalue weighted by molar-refractivity contribution is 6.04. The van der Waals surface area contributed by atoms with Crippen LogP contribution in [0.15, 0.2) is 83.4 Å². The van der Waals surface area contributed by atoms with E-state index in [1.54, 1.807) is 29.2 Å². The quantitative estimate of drug-likeness (QED) is 0.297. The first kappa shape index (κ1) is 26.7. The minimum absolute atomic E-state index is 0.0712. The van der Waals surface area contributed by atoms with E-state index in [1.165, 1.54) is 24.4 Å². The number of ether oxygens (including phenoxy) is 1. The number of benzene rings is 2. The molecule has 12 heteroatoms. The number of rotatable bonds is 7. The van der Waals surface area contributed by atoms with Crippen LogP contribution in [0.25, 0.3) is 11.5 Å². The third-order valence-electron chi connectivity index (χ3n) is 6.15. The number of likely N-dealkylation sites (tertiary alicyclic amines) is 1. The van der Waals surface area contributed by atoms with Crippen molar-refractivity contribution < 1.29 is 31.9 Å². The second-order valence-corrected chi connectivity index (χ2v) is 9.06. The van der Waals surface area contributed by atoms with Gasteiger partial charge in [-0.15, -0.1) is 0 Å². The Hall–Kier alpha value is -4.87. The number of nitrogens with one attached hydrogen (secondary N) is 2. The molecule has 0 bridgehead atoms. The third kappa shape index (κ3) is 6.40. The highest BCUT2D eigenvalue weighted by Gasteiger charge is 2.42. The number of halogens is 3. The number of amides is 2. The Balaban J connectivity index is 1.17. The molecule has 4 aromatic rings. The first-order valence-corrected chi connectivity index (χ1v) is 12.4. The van der Waals surface area contributed by atoms with Gasteiger partial charge in [-0.05, 0) is 36.2 Å². The van der Waals surface area contributed by atoms with E-state index < -0.39 is 29.6 Å². The second kappa shape index (κ2) is 11.5. The van der Waals surface area contributed by atoms with E-state index in [1.807, 2.05) is 30.3 Å². The van der Waals surface area contributed by atoms with Gasteiger partial charge in [-0.1, -0.05) is 48.5 Å². The lowest BCUT2D eigenvalue weighted by molar-refractivity contribution is -0.153. The molecule has 2 N–H and O–H groups in total. The van der Waals surface area contributed by atoms with Gasteiger partial charge >= 0.3 is 12.3 Å². The smallest absolute Gasteiger partial charge is 0.445 e. The maximum atomic E-state index is 13.6. The number of pyridine rings is 1. The number of anilines is 2.